The summed E-state index contributed by atoms with van der Waals surface area (Å²) in [4.78, 5) is 47.3. The summed E-state index contributed by atoms with van der Waals surface area (Å²) in [6.45, 7) is 1.50. The highest BCUT2D eigenvalue weighted by Crippen LogP contribution is 2.44. The number of fused-ring (bicyclic) bond motifs is 1. The Morgan fingerprint density at radius 3 is 2.66 bits per heavy atom. The van der Waals surface area contributed by atoms with Crippen molar-refractivity contribution in [2.24, 2.45) is 0 Å². The maximum atomic E-state index is 12.6. The Morgan fingerprint density at radius 1 is 1.37 bits per heavy atom. The highest BCUT2D eigenvalue weighted by atomic mass is 32.2. The Balaban J connectivity index is 1.68. The van der Waals surface area contributed by atoms with E-state index < -0.39 is 70.6 Å². The molecule has 212 valence electrons. The number of carboxylic acids is 1. The molecule has 0 bridgehead atoms. The predicted octanol–water partition coefficient (Wildman–Crippen LogP) is -0.340. The van der Waals surface area contributed by atoms with Gasteiger partial charge in [0.1, 0.15) is 34.9 Å². The van der Waals surface area contributed by atoms with Crippen molar-refractivity contribution in [1.29, 1.82) is 0 Å². The van der Waals surface area contributed by atoms with Crippen LogP contribution in [0, 0.1) is 0 Å². The van der Waals surface area contributed by atoms with Crippen LogP contribution in [-0.4, -0.2) is 109 Å². The molecule has 3 heterocycles. The molecular weight excluding hydrogens is 604 g/mol. The van der Waals surface area contributed by atoms with Crippen LogP contribution in [0.4, 0.5) is 13.2 Å². The number of thioether (sulfide) groups is 2. The summed E-state index contributed by atoms with van der Waals surface area (Å²) in [6.07, 6.45) is -5.59. The van der Waals surface area contributed by atoms with Gasteiger partial charge in [0.15, 0.2) is 9.84 Å². The number of alkyl halides is 3. The first kappa shape index (κ1) is 30.4. The fourth-order valence-corrected chi connectivity index (χ4v) is 8.02. The van der Waals surface area contributed by atoms with E-state index in [0.29, 0.717) is 0 Å². The molecule has 3 rings (SSSR count). The molecule has 3 N–H and O–H groups in total. The zero-order valence-electron chi connectivity index (χ0n) is 19.2. The van der Waals surface area contributed by atoms with Gasteiger partial charge in [-0.3, -0.25) is 19.1 Å². The number of sulfone groups is 1. The number of rotatable bonds is 12. The van der Waals surface area contributed by atoms with Crippen LogP contribution in [0.2, 0.25) is 0 Å². The van der Waals surface area contributed by atoms with Crippen molar-refractivity contribution in [2.75, 3.05) is 29.6 Å². The van der Waals surface area contributed by atoms with Gasteiger partial charge in [0.05, 0.1) is 6.61 Å². The topological polar surface area (TPSA) is 211 Å². The number of nitrogens with one attached hydrogen (secondary N) is 1. The molecule has 2 amide bonds. The summed E-state index contributed by atoms with van der Waals surface area (Å²) in [5, 5.41) is 21.7. The first-order valence-corrected chi connectivity index (χ1v) is 16.0. The molecule has 1 saturated heterocycles. The van der Waals surface area contributed by atoms with Crippen molar-refractivity contribution in [2.45, 2.75) is 36.0 Å². The second-order valence-corrected chi connectivity index (χ2v) is 13.7. The number of β-lactam (4-membered cyclic amide) rings is 1. The molecular formula is C16H20F3N6O9PS3. The predicted molar refractivity (Wildman–Crippen MR) is 124 cm³/mol. The van der Waals surface area contributed by atoms with Crippen LogP contribution in [0.25, 0.3) is 0 Å². The largest absolute Gasteiger partial charge is 0.477 e. The van der Waals surface area contributed by atoms with Crippen LogP contribution in [0.3, 0.4) is 0 Å². The van der Waals surface area contributed by atoms with Crippen molar-refractivity contribution in [1.82, 2.24) is 30.4 Å². The van der Waals surface area contributed by atoms with Crippen LogP contribution >= 0.6 is 31.1 Å². The number of amides is 2. The van der Waals surface area contributed by atoms with Gasteiger partial charge in [-0.25, -0.2) is 17.9 Å². The van der Waals surface area contributed by atoms with Gasteiger partial charge < -0.3 is 19.8 Å². The average molecular weight is 625 g/mol. The Bertz CT molecular complexity index is 1300. The third-order valence-electron chi connectivity index (χ3n) is 4.82. The minimum atomic E-state index is -5.04. The van der Waals surface area contributed by atoms with Crippen LogP contribution in [-0.2, 0) is 39.6 Å². The van der Waals surface area contributed by atoms with Crippen molar-refractivity contribution >= 4 is 58.7 Å². The molecule has 0 aliphatic carbocycles. The molecule has 0 aromatic carbocycles. The molecule has 1 unspecified atom stereocenters. The van der Waals surface area contributed by atoms with Gasteiger partial charge in [-0.1, -0.05) is 11.8 Å². The van der Waals surface area contributed by atoms with E-state index >= 15 is 0 Å². The smallest absolute Gasteiger partial charge is 0.402 e. The van der Waals surface area contributed by atoms with Crippen molar-refractivity contribution < 1.29 is 55.1 Å². The molecule has 3 atom stereocenters. The lowest BCUT2D eigenvalue weighted by molar-refractivity contribution is -0.150. The second kappa shape index (κ2) is 11.5. The quantitative estimate of drug-likeness (QED) is 0.154. The van der Waals surface area contributed by atoms with Gasteiger partial charge in [0, 0.05) is 11.5 Å². The van der Waals surface area contributed by atoms with E-state index in [9.17, 15) is 50.5 Å². The lowest BCUT2D eigenvalue weighted by atomic mass is 10.0. The van der Waals surface area contributed by atoms with Gasteiger partial charge in [-0.2, -0.15) is 13.2 Å². The maximum Gasteiger partial charge on any atom is 0.402 e. The first-order chi connectivity index (χ1) is 17.5. The van der Waals surface area contributed by atoms with Gasteiger partial charge in [0.2, 0.25) is 11.1 Å². The molecule has 2 aliphatic rings. The molecule has 1 fully saturated rings. The third-order valence-corrected chi connectivity index (χ3v) is 9.96. The van der Waals surface area contributed by atoms with E-state index in [2.05, 4.69) is 20.8 Å². The number of aromatic nitrogens is 4. The van der Waals surface area contributed by atoms with Crippen molar-refractivity contribution in [3.05, 3.63) is 11.3 Å². The molecule has 1 aromatic heterocycles. The number of carbonyl (C=O) groups excluding carboxylic acids is 2. The van der Waals surface area contributed by atoms with Crippen LogP contribution in [0.15, 0.2) is 16.4 Å². The Labute approximate surface area is 221 Å². The molecule has 15 nitrogen and oxygen atoms in total. The zero-order chi connectivity index (χ0) is 28.5. The highest BCUT2D eigenvalue weighted by molar-refractivity contribution is 8.01. The highest BCUT2D eigenvalue weighted by Gasteiger charge is 2.54. The van der Waals surface area contributed by atoms with Crippen LogP contribution in [0.5, 0.6) is 0 Å². The summed E-state index contributed by atoms with van der Waals surface area (Å²) >= 11 is 1.97. The van der Waals surface area contributed by atoms with E-state index in [4.69, 9.17) is 4.52 Å². The van der Waals surface area contributed by atoms with Gasteiger partial charge in [-0.15, -0.1) is 16.9 Å². The molecule has 0 saturated carbocycles. The van der Waals surface area contributed by atoms with Crippen molar-refractivity contribution in [3.63, 3.8) is 0 Å². The van der Waals surface area contributed by atoms with Gasteiger partial charge in [-0.05, 0) is 22.9 Å². The second-order valence-electron chi connectivity index (χ2n) is 7.81. The number of hydrogen-bond acceptors (Lipinski definition) is 12. The number of carbonyl (C=O) groups is 3. The number of hydrogen-bond donors (Lipinski definition) is 3. The standard InChI is InChI=1S/C16H20F3N6O9PS3/c1-2-34-35(30,31)7-24-15(21-22-23-24)37-4-8-3-36-13-10(12(27)25(13)11(8)14(28)29)20-9(26)5-38(32,33)6-16(17,18)19/h10,13H,2-7H2,1H3,(H,20,26)(H,28,29)(H,30,31)/t10-,13-/m1/s1. The molecule has 2 aliphatic heterocycles. The lowest BCUT2D eigenvalue weighted by Crippen LogP contribution is -2.71. The van der Waals surface area contributed by atoms with Gasteiger partial charge >= 0.3 is 19.7 Å². The summed E-state index contributed by atoms with van der Waals surface area (Å²) < 4.78 is 78.1. The summed E-state index contributed by atoms with van der Waals surface area (Å²) in [7, 11) is -8.86. The first-order valence-electron chi connectivity index (χ1n) is 10.4. The molecule has 0 radical (unpaired) electrons. The fraction of sp³-hybridized carbons (Fsp3) is 0.625. The summed E-state index contributed by atoms with van der Waals surface area (Å²) in [6, 6.07) is -1.33. The molecule has 38 heavy (non-hydrogen) atoms. The minimum Gasteiger partial charge on any atom is -0.477 e. The molecule has 0 spiro atoms. The Morgan fingerprint density at radius 2 is 2.05 bits per heavy atom. The van der Waals surface area contributed by atoms with Crippen LogP contribution in [0.1, 0.15) is 6.92 Å². The van der Waals surface area contributed by atoms with E-state index in [1.54, 1.807) is 0 Å². The Kier molecular flexibility index (Phi) is 9.19. The lowest BCUT2D eigenvalue weighted by Gasteiger charge is -2.49. The number of tetrazole rings is 1. The van der Waals surface area contributed by atoms with Gasteiger partial charge in [0.25, 0.3) is 5.91 Å². The number of aliphatic carboxylic acids is 1. The van der Waals surface area contributed by atoms with E-state index in [0.717, 1.165) is 33.1 Å². The third kappa shape index (κ3) is 7.47. The summed E-state index contributed by atoms with van der Waals surface area (Å²) in [5.41, 5.74) is -0.121. The minimum absolute atomic E-state index is 0.0275. The zero-order valence-corrected chi connectivity index (χ0v) is 22.5. The average Bonchev–Trinajstić information content (AvgIpc) is 3.18. The molecule has 22 heteroatoms. The van der Waals surface area contributed by atoms with Crippen LogP contribution < -0.4 is 5.32 Å². The summed E-state index contributed by atoms with van der Waals surface area (Å²) in [5.74, 6) is -7.35. The number of carboxylic acid groups (broad SMARTS) is 1. The number of halogens is 3. The van der Waals surface area contributed by atoms with E-state index in [-0.39, 0.29) is 34.5 Å². The van der Waals surface area contributed by atoms with E-state index in [1.807, 2.05) is 0 Å². The molecule has 1 aromatic rings. The number of nitrogens with zero attached hydrogens (tertiary/aromatic N) is 5. The fourth-order valence-electron chi connectivity index (χ4n) is 3.46. The monoisotopic (exact) mass is 624 g/mol. The SMILES string of the molecule is CCOP(=O)(O)Cn1nnnc1SCC1=C(C(=O)O)N2C(=O)[C@@H](NC(=O)CS(=O)(=O)CC(F)(F)F)[C@H]2SC1. The maximum absolute atomic E-state index is 12.6. The van der Waals surface area contributed by atoms with E-state index in [1.165, 1.54) is 6.92 Å². The normalized spacial score (nSPS) is 21.5. The van der Waals surface area contributed by atoms with Crippen molar-refractivity contribution in [3.8, 4) is 0 Å². The Hall–Kier alpha value is -2.19.